The van der Waals surface area contributed by atoms with Crippen LogP contribution < -0.4 is 5.32 Å². The van der Waals surface area contributed by atoms with E-state index in [4.69, 9.17) is 4.42 Å². The van der Waals surface area contributed by atoms with Crippen molar-refractivity contribution < 1.29 is 13.6 Å². The third kappa shape index (κ3) is 3.31. The monoisotopic (exact) mass is 313 g/mol. The molecule has 0 spiro atoms. The van der Waals surface area contributed by atoms with E-state index in [0.717, 1.165) is 5.69 Å². The van der Waals surface area contributed by atoms with E-state index in [1.165, 1.54) is 12.1 Å². The first-order chi connectivity index (χ1) is 11.2. The van der Waals surface area contributed by atoms with E-state index in [9.17, 15) is 9.18 Å². The van der Waals surface area contributed by atoms with Gasteiger partial charge in [-0.3, -0.25) is 9.48 Å². The number of rotatable bonds is 5. The lowest BCUT2D eigenvalue weighted by molar-refractivity contribution is 0.0945. The number of nitrogens with one attached hydrogen (secondary N) is 1. The number of benzene rings is 1. The predicted molar refractivity (Wildman–Crippen MR) is 83.2 cm³/mol. The fourth-order valence-corrected chi connectivity index (χ4v) is 2.31. The van der Waals surface area contributed by atoms with Crippen LogP contribution in [-0.2, 0) is 13.1 Å². The quantitative estimate of drug-likeness (QED) is 0.786. The number of nitrogens with zero attached hydrogens (tertiary/aromatic N) is 2. The Kier molecular flexibility index (Phi) is 4.23. The normalized spacial score (nSPS) is 10.7. The second-order valence-corrected chi connectivity index (χ2v) is 5.02. The number of carbonyl (C=O) groups is 1. The van der Waals surface area contributed by atoms with Gasteiger partial charge in [-0.05, 0) is 36.8 Å². The summed E-state index contributed by atoms with van der Waals surface area (Å²) in [6.07, 6.45) is 1.58. The molecule has 0 fully saturated rings. The Balaban J connectivity index is 1.75. The molecule has 2 aromatic heterocycles. The number of hydrogen-bond acceptors (Lipinski definition) is 3. The lowest BCUT2D eigenvalue weighted by Gasteiger charge is -2.03. The van der Waals surface area contributed by atoms with Crippen molar-refractivity contribution in [2.24, 2.45) is 0 Å². The first-order valence-electron chi connectivity index (χ1n) is 7.31. The molecule has 23 heavy (non-hydrogen) atoms. The summed E-state index contributed by atoms with van der Waals surface area (Å²) in [6.45, 7) is 2.80. The molecule has 0 atom stereocenters. The number of halogens is 1. The predicted octanol–water partition coefficient (Wildman–Crippen LogP) is 3.23. The Bertz CT molecular complexity index is 809. The molecule has 0 aliphatic carbocycles. The maximum atomic E-state index is 13.1. The van der Waals surface area contributed by atoms with E-state index in [1.807, 2.05) is 13.0 Å². The number of furan rings is 1. The maximum Gasteiger partial charge on any atom is 0.272 e. The summed E-state index contributed by atoms with van der Waals surface area (Å²) in [4.78, 5) is 12.2. The average Bonchev–Trinajstić information content (AvgIpc) is 3.21. The van der Waals surface area contributed by atoms with E-state index in [1.54, 1.807) is 35.2 Å². The fraction of sp³-hybridized carbons (Fsp3) is 0.176. The van der Waals surface area contributed by atoms with Gasteiger partial charge < -0.3 is 9.73 Å². The van der Waals surface area contributed by atoms with Gasteiger partial charge in [0.15, 0.2) is 11.5 Å². The Morgan fingerprint density at radius 2 is 2.17 bits per heavy atom. The van der Waals surface area contributed by atoms with Crippen molar-refractivity contribution in [3.63, 3.8) is 0 Å². The van der Waals surface area contributed by atoms with E-state index in [2.05, 4.69) is 10.4 Å². The maximum absolute atomic E-state index is 13.1. The van der Waals surface area contributed by atoms with Crippen molar-refractivity contribution in [1.29, 1.82) is 0 Å². The molecule has 0 saturated heterocycles. The zero-order valence-corrected chi connectivity index (χ0v) is 12.6. The third-order valence-corrected chi connectivity index (χ3v) is 3.43. The molecule has 118 valence electrons. The van der Waals surface area contributed by atoms with Crippen LogP contribution in [0.25, 0.3) is 11.5 Å². The minimum Gasteiger partial charge on any atom is -0.463 e. The van der Waals surface area contributed by atoms with E-state index in [-0.39, 0.29) is 18.3 Å². The zero-order chi connectivity index (χ0) is 16.2. The summed E-state index contributed by atoms with van der Waals surface area (Å²) in [5.74, 6) is 0.0184. The third-order valence-electron chi connectivity index (χ3n) is 3.43. The van der Waals surface area contributed by atoms with Crippen molar-refractivity contribution in [2.75, 3.05) is 0 Å². The van der Waals surface area contributed by atoms with Gasteiger partial charge in [-0.1, -0.05) is 12.1 Å². The molecule has 1 aromatic carbocycles. The molecule has 0 bridgehead atoms. The summed E-state index contributed by atoms with van der Waals surface area (Å²) in [5, 5.41) is 7.03. The molecule has 6 heteroatoms. The van der Waals surface area contributed by atoms with Crippen molar-refractivity contribution in [3.8, 4) is 11.5 Å². The Morgan fingerprint density at radius 3 is 2.87 bits per heavy atom. The minimum atomic E-state index is -0.327. The van der Waals surface area contributed by atoms with Crippen molar-refractivity contribution >= 4 is 5.91 Å². The van der Waals surface area contributed by atoms with Gasteiger partial charge in [-0.15, -0.1) is 0 Å². The molecule has 0 unspecified atom stereocenters. The second kappa shape index (κ2) is 6.48. The summed E-state index contributed by atoms with van der Waals surface area (Å²) in [5.41, 5.74) is 1.74. The highest BCUT2D eigenvalue weighted by atomic mass is 19.1. The minimum absolute atomic E-state index is 0.242. The van der Waals surface area contributed by atoms with Gasteiger partial charge in [-0.2, -0.15) is 5.10 Å². The van der Waals surface area contributed by atoms with Crippen molar-refractivity contribution in [2.45, 2.75) is 20.0 Å². The van der Waals surface area contributed by atoms with Crippen LogP contribution >= 0.6 is 0 Å². The van der Waals surface area contributed by atoms with Crippen LogP contribution in [0.3, 0.4) is 0 Å². The highest BCUT2D eigenvalue weighted by molar-refractivity contribution is 5.93. The number of aromatic nitrogens is 2. The lowest BCUT2D eigenvalue weighted by Crippen LogP contribution is -2.23. The fourth-order valence-electron chi connectivity index (χ4n) is 2.31. The summed E-state index contributed by atoms with van der Waals surface area (Å²) in [7, 11) is 0. The number of hydrogen-bond donors (Lipinski definition) is 1. The van der Waals surface area contributed by atoms with Crippen LogP contribution in [0.1, 0.15) is 23.0 Å². The first kappa shape index (κ1) is 15.0. The van der Waals surface area contributed by atoms with Gasteiger partial charge in [0, 0.05) is 19.2 Å². The van der Waals surface area contributed by atoms with Crippen LogP contribution in [0.5, 0.6) is 0 Å². The Hall–Kier alpha value is -2.89. The molecule has 5 nitrogen and oxygen atoms in total. The van der Waals surface area contributed by atoms with Gasteiger partial charge in [0.1, 0.15) is 11.5 Å². The summed E-state index contributed by atoms with van der Waals surface area (Å²) < 4.78 is 20.2. The molecule has 1 N–H and O–H groups in total. The van der Waals surface area contributed by atoms with E-state index >= 15 is 0 Å². The van der Waals surface area contributed by atoms with Gasteiger partial charge in [-0.25, -0.2) is 4.39 Å². The van der Waals surface area contributed by atoms with Crippen molar-refractivity contribution in [1.82, 2.24) is 15.1 Å². The average molecular weight is 313 g/mol. The lowest BCUT2D eigenvalue weighted by atomic mass is 10.2. The van der Waals surface area contributed by atoms with Gasteiger partial charge in [0.2, 0.25) is 0 Å². The molecular weight excluding hydrogens is 297 g/mol. The van der Waals surface area contributed by atoms with Crippen LogP contribution in [0.15, 0.2) is 53.1 Å². The van der Waals surface area contributed by atoms with E-state index in [0.29, 0.717) is 23.6 Å². The molecule has 0 aliphatic heterocycles. The van der Waals surface area contributed by atoms with Gasteiger partial charge in [0.05, 0.1) is 6.26 Å². The number of aryl methyl sites for hydroxylation is 1. The summed E-state index contributed by atoms with van der Waals surface area (Å²) in [6, 6.07) is 11.4. The number of carbonyl (C=O) groups excluding carboxylic acids is 1. The molecule has 2 heterocycles. The smallest absolute Gasteiger partial charge is 0.272 e. The molecule has 3 aromatic rings. The largest absolute Gasteiger partial charge is 0.463 e. The standard InChI is InChI=1S/C17H16FN3O2/c1-2-21-15(16-7-4-8-23-16)10-14(20-21)17(22)19-11-12-5-3-6-13(18)9-12/h3-10H,2,11H2,1H3,(H,19,22). The number of amides is 1. The molecule has 0 aliphatic rings. The van der Waals surface area contributed by atoms with Crippen LogP contribution in [0, 0.1) is 5.82 Å². The van der Waals surface area contributed by atoms with Crippen LogP contribution in [0.2, 0.25) is 0 Å². The summed E-state index contributed by atoms with van der Waals surface area (Å²) >= 11 is 0. The highest BCUT2D eigenvalue weighted by Crippen LogP contribution is 2.21. The second-order valence-electron chi connectivity index (χ2n) is 5.02. The SMILES string of the molecule is CCn1nc(C(=O)NCc2cccc(F)c2)cc1-c1ccco1. The molecule has 0 radical (unpaired) electrons. The van der Waals surface area contributed by atoms with Crippen LogP contribution in [0.4, 0.5) is 4.39 Å². The first-order valence-corrected chi connectivity index (χ1v) is 7.31. The van der Waals surface area contributed by atoms with Gasteiger partial charge in [0.25, 0.3) is 5.91 Å². The zero-order valence-electron chi connectivity index (χ0n) is 12.6. The van der Waals surface area contributed by atoms with E-state index < -0.39 is 0 Å². The molecule has 0 saturated carbocycles. The highest BCUT2D eigenvalue weighted by Gasteiger charge is 2.16. The Morgan fingerprint density at radius 1 is 1.30 bits per heavy atom. The molecular formula is C17H16FN3O2. The van der Waals surface area contributed by atoms with Crippen LogP contribution in [-0.4, -0.2) is 15.7 Å². The topological polar surface area (TPSA) is 60.1 Å². The molecule has 3 rings (SSSR count). The molecule has 1 amide bonds. The van der Waals surface area contributed by atoms with Crippen molar-refractivity contribution in [3.05, 3.63) is 65.8 Å². The van der Waals surface area contributed by atoms with Gasteiger partial charge >= 0.3 is 0 Å². The Labute approximate surface area is 132 Å².